The number of nitrogens with zero attached hydrogens (tertiary/aromatic N) is 1. The molecule has 141 valence electrons. The van der Waals surface area contributed by atoms with E-state index in [0.29, 0.717) is 25.3 Å². The van der Waals surface area contributed by atoms with Gasteiger partial charge in [0, 0.05) is 43.2 Å². The second-order valence-corrected chi connectivity index (χ2v) is 6.53. The predicted molar refractivity (Wildman–Crippen MR) is 93.6 cm³/mol. The third kappa shape index (κ3) is 3.74. The van der Waals surface area contributed by atoms with Gasteiger partial charge in [0.1, 0.15) is 16.9 Å². The van der Waals surface area contributed by atoms with Crippen molar-refractivity contribution in [2.45, 2.75) is 25.6 Å². The number of hydrogen-bond donors (Lipinski definition) is 3. The molecule has 1 saturated heterocycles. The molecular formula is C18H17MnN4O4-. The summed E-state index contributed by atoms with van der Waals surface area (Å²) in [7, 11) is 0. The fourth-order valence-electron chi connectivity index (χ4n) is 3.33. The molecule has 0 aliphatic carbocycles. The summed E-state index contributed by atoms with van der Waals surface area (Å²) < 4.78 is 0. The number of anilines is 1. The summed E-state index contributed by atoms with van der Waals surface area (Å²) in [5.41, 5.74) is 2.54. The van der Waals surface area contributed by atoms with Crippen LogP contribution in [0.15, 0.2) is 27.8 Å². The van der Waals surface area contributed by atoms with E-state index >= 15 is 0 Å². The molecule has 1 fully saturated rings. The van der Waals surface area contributed by atoms with Crippen molar-refractivity contribution in [2.75, 3.05) is 18.0 Å². The van der Waals surface area contributed by atoms with E-state index in [9.17, 15) is 19.2 Å². The minimum absolute atomic E-state index is 0. The molecule has 27 heavy (non-hydrogen) atoms. The molecule has 0 bridgehead atoms. The van der Waals surface area contributed by atoms with Crippen LogP contribution in [-0.2, 0) is 41.4 Å². The smallest absolute Gasteiger partial charge is 0.315 e. The predicted octanol–water partition coefficient (Wildman–Crippen LogP) is -1.06. The fourth-order valence-corrected chi connectivity index (χ4v) is 3.33. The van der Waals surface area contributed by atoms with E-state index in [1.807, 2.05) is 23.1 Å². The van der Waals surface area contributed by atoms with Crippen LogP contribution in [0.5, 0.6) is 0 Å². The van der Waals surface area contributed by atoms with Crippen LogP contribution in [0, 0.1) is 6.07 Å². The van der Waals surface area contributed by atoms with Crippen LogP contribution in [0.25, 0.3) is 0 Å². The summed E-state index contributed by atoms with van der Waals surface area (Å²) >= 11 is 0. The van der Waals surface area contributed by atoms with Crippen molar-refractivity contribution in [3.8, 4) is 0 Å². The van der Waals surface area contributed by atoms with E-state index in [0.717, 1.165) is 17.5 Å². The van der Waals surface area contributed by atoms with Gasteiger partial charge in [-0.05, 0) is 28.8 Å². The molecule has 0 spiro atoms. The molecule has 2 aromatic rings. The van der Waals surface area contributed by atoms with Crippen molar-refractivity contribution in [3.63, 3.8) is 0 Å². The SMILES string of the molecule is O=C1NCC(C(=O)NCc2ccc3c(c2)CN(c2[c-]c(=O)c2=O)CC3)N1.[Mn]. The molecule has 2 aliphatic heterocycles. The average molecular weight is 408 g/mol. The second kappa shape index (κ2) is 7.54. The van der Waals surface area contributed by atoms with Crippen molar-refractivity contribution in [1.29, 1.82) is 0 Å². The Morgan fingerprint density at radius 2 is 2.07 bits per heavy atom. The topological polar surface area (TPSA) is 108 Å². The number of rotatable bonds is 4. The van der Waals surface area contributed by atoms with Crippen LogP contribution in [0.2, 0.25) is 0 Å². The van der Waals surface area contributed by atoms with Gasteiger partial charge in [-0.2, -0.15) is 0 Å². The molecule has 0 saturated carbocycles. The van der Waals surface area contributed by atoms with Gasteiger partial charge in [0.2, 0.25) is 5.91 Å². The van der Waals surface area contributed by atoms with Crippen LogP contribution < -0.4 is 31.7 Å². The van der Waals surface area contributed by atoms with Crippen molar-refractivity contribution in [3.05, 3.63) is 61.4 Å². The number of fused-ring (bicyclic) bond motifs is 1. The van der Waals surface area contributed by atoms with Gasteiger partial charge >= 0.3 is 6.03 Å². The molecule has 0 aromatic heterocycles. The fraction of sp³-hybridized carbons (Fsp3) is 0.333. The monoisotopic (exact) mass is 408 g/mol. The summed E-state index contributed by atoms with van der Waals surface area (Å²) in [5.74, 6) is -0.235. The third-order valence-electron chi connectivity index (χ3n) is 4.81. The summed E-state index contributed by atoms with van der Waals surface area (Å²) in [6.45, 7) is 1.85. The summed E-state index contributed by atoms with van der Waals surface area (Å²) in [6, 6.07) is 7.63. The van der Waals surface area contributed by atoms with Crippen LogP contribution in [0.4, 0.5) is 10.5 Å². The van der Waals surface area contributed by atoms with E-state index in [-0.39, 0.29) is 35.6 Å². The Kier molecular flexibility index (Phi) is 5.34. The molecule has 3 N–H and O–H groups in total. The molecule has 8 nitrogen and oxygen atoms in total. The van der Waals surface area contributed by atoms with Gasteiger partial charge in [-0.25, -0.2) is 4.79 Å². The minimum Gasteiger partial charge on any atom is -0.385 e. The van der Waals surface area contributed by atoms with Gasteiger partial charge < -0.3 is 30.4 Å². The van der Waals surface area contributed by atoms with Crippen molar-refractivity contribution in [1.82, 2.24) is 16.0 Å². The van der Waals surface area contributed by atoms with E-state index in [1.165, 1.54) is 5.56 Å². The number of carbonyl (C=O) groups excluding carboxylic acids is 2. The number of nitrogens with one attached hydrogen (secondary N) is 3. The van der Waals surface area contributed by atoms with E-state index in [2.05, 4.69) is 22.0 Å². The van der Waals surface area contributed by atoms with Gasteiger partial charge in [0.15, 0.2) is 0 Å². The summed E-state index contributed by atoms with van der Waals surface area (Å²) in [4.78, 5) is 47.7. The maximum absolute atomic E-state index is 12.1. The largest absolute Gasteiger partial charge is 0.385 e. The molecule has 1 unspecified atom stereocenters. The standard InChI is InChI=1S/C18H17N4O4.Mn/c23-15-6-14(16(15)24)22-4-3-11-2-1-10(5-12(11)9-22)7-19-17(25)13-8-20-18(26)21-13;/h1-2,5,13H,3-4,7-9H2,(H,19,25)(H2,20,21,26);/q-1;. The first kappa shape index (κ1) is 19.1. The van der Waals surface area contributed by atoms with Crippen LogP contribution in [0.3, 0.4) is 0 Å². The minimum atomic E-state index is -0.559. The van der Waals surface area contributed by atoms with E-state index in [1.54, 1.807) is 0 Å². The Morgan fingerprint density at radius 3 is 2.74 bits per heavy atom. The Bertz CT molecular complexity index is 967. The zero-order valence-corrected chi connectivity index (χ0v) is 15.5. The van der Waals surface area contributed by atoms with Crippen LogP contribution in [-0.4, -0.2) is 31.1 Å². The third-order valence-corrected chi connectivity index (χ3v) is 4.81. The van der Waals surface area contributed by atoms with Gasteiger partial charge in [-0.3, -0.25) is 4.79 Å². The first-order chi connectivity index (χ1) is 12.5. The van der Waals surface area contributed by atoms with Crippen molar-refractivity contribution in [2.24, 2.45) is 0 Å². The first-order valence-electron chi connectivity index (χ1n) is 8.41. The van der Waals surface area contributed by atoms with Gasteiger partial charge in [0.05, 0.1) is 0 Å². The normalized spacial score (nSPS) is 18.3. The molecule has 2 aliphatic rings. The molecule has 2 aromatic carbocycles. The molecule has 1 atom stereocenters. The maximum atomic E-state index is 12.1. The Morgan fingerprint density at radius 1 is 1.26 bits per heavy atom. The Hall–Kier alpha value is -2.64. The van der Waals surface area contributed by atoms with Gasteiger partial charge in [0.25, 0.3) is 0 Å². The van der Waals surface area contributed by atoms with E-state index < -0.39 is 16.9 Å². The Labute approximate surface area is 165 Å². The maximum Gasteiger partial charge on any atom is 0.315 e. The number of benzene rings is 1. The van der Waals surface area contributed by atoms with Gasteiger partial charge in [-0.15, -0.1) is 6.07 Å². The number of carbonyl (C=O) groups is 2. The number of urea groups is 1. The van der Waals surface area contributed by atoms with Crippen LogP contribution in [0.1, 0.15) is 16.7 Å². The summed E-state index contributed by atoms with van der Waals surface area (Å²) in [6.07, 6.45) is 0.786. The molecule has 9 heteroatoms. The van der Waals surface area contributed by atoms with Crippen molar-refractivity contribution < 1.29 is 26.7 Å². The molecular weight excluding hydrogens is 391 g/mol. The zero-order chi connectivity index (χ0) is 18.3. The average Bonchev–Trinajstić information content (AvgIpc) is 3.09. The zero-order valence-electron chi connectivity index (χ0n) is 14.3. The van der Waals surface area contributed by atoms with E-state index in [4.69, 9.17) is 0 Å². The second-order valence-electron chi connectivity index (χ2n) is 6.53. The molecule has 1 radical (unpaired) electrons. The number of amides is 3. The van der Waals surface area contributed by atoms with Gasteiger partial charge in [-0.1, -0.05) is 18.2 Å². The van der Waals surface area contributed by atoms with Crippen molar-refractivity contribution >= 4 is 17.6 Å². The molecule has 2 heterocycles. The quantitative estimate of drug-likeness (QED) is 0.340. The summed E-state index contributed by atoms with van der Waals surface area (Å²) in [5, 5.41) is 7.90. The number of hydrogen-bond acceptors (Lipinski definition) is 5. The Balaban J connectivity index is 0.00000210. The van der Waals surface area contributed by atoms with Crippen LogP contribution >= 0.6 is 0 Å². The molecule has 3 amide bonds. The molecule has 4 rings (SSSR count). The first-order valence-corrected chi connectivity index (χ1v) is 8.41.